The molecule has 5 heteroatoms. The van der Waals surface area contributed by atoms with Crippen LogP contribution >= 0.6 is 12.2 Å². The number of hydrogen-bond acceptors (Lipinski definition) is 3. The van der Waals surface area contributed by atoms with E-state index in [4.69, 9.17) is 12.2 Å². The van der Waals surface area contributed by atoms with Crippen LogP contribution < -0.4 is 16.0 Å². The summed E-state index contributed by atoms with van der Waals surface area (Å²) < 4.78 is 0. The first-order chi connectivity index (χ1) is 12.7. The molecule has 0 spiro atoms. The molecular weight excluding hydrogens is 342 g/mol. The molecule has 0 aliphatic heterocycles. The van der Waals surface area contributed by atoms with Crippen molar-refractivity contribution in [2.24, 2.45) is 0 Å². The van der Waals surface area contributed by atoms with Gasteiger partial charge in [0, 0.05) is 17.1 Å². The lowest BCUT2D eigenvalue weighted by Gasteiger charge is -2.11. The highest BCUT2D eigenvalue weighted by Gasteiger charge is 2.06. The molecule has 0 bridgehead atoms. The van der Waals surface area contributed by atoms with E-state index in [0.717, 1.165) is 22.6 Å². The van der Waals surface area contributed by atoms with Crippen molar-refractivity contribution in [1.29, 1.82) is 0 Å². The molecule has 0 aliphatic carbocycles. The second-order valence-corrected chi connectivity index (χ2v) is 6.14. The third-order valence-electron chi connectivity index (χ3n) is 3.67. The van der Waals surface area contributed by atoms with Gasteiger partial charge in [-0.3, -0.25) is 4.79 Å². The molecule has 4 nitrogen and oxygen atoms in total. The van der Waals surface area contributed by atoms with Gasteiger partial charge in [0.15, 0.2) is 5.11 Å². The summed E-state index contributed by atoms with van der Waals surface area (Å²) >= 11 is 5.21. The number of para-hydroxylation sites is 1. The van der Waals surface area contributed by atoms with Gasteiger partial charge in [0.1, 0.15) is 0 Å². The van der Waals surface area contributed by atoms with E-state index in [2.05, 4.69) is 16.0 Å². The molecule has 3 aromatic rings. The van der Waals surface area contributed by atoms with Gasteiger partial charge in [0.25, 0.3) is 0 Å². The molecule has 0 saturated heterocycles. The summed E-state index contributed by atoms with van der Waals surface area (Å²) in [6.07, 6.45) is 0.294. The standard InChI is InChI=1S/C21H19N3OS/c25-20(15-16-7-3-1-4-8-16)24-21(26)23-19-13-11-18(12-14-19)22-17-9-5-2-6-10-17/h1-14,22H,15H2,(H2,23,24,25,26). The van der Waals surface area contributed by atoms with Crippen molar-refractivity contribution in [3.8, 4) is 0 Å². The van der Waals surface area contributed by atoms with Crippen LogP contribution in [0.4, 0.5) is 17.1 Å². The Kier molecular flexibility index (Phi) is 5.96. The number of benzene rings is 3. The van der Waals surface area contributed by atoms with E-state index in [-0.39, 0.29) is 11.0 Å². The van der Waals surface area contributed by atoms with Gasteiger partial charge in [-0.15, -0.1) is 0 Å². The van der Waals surface area contributed by atoms with Gasteiger partial charge in [-0.25, -0.2) is 0 Å². The zero-order valence-corrected chi connectivity index (χ0v) is 14.9. The third-order valence-corrected chi connectivity index (χ3v) is 3.87. The maximum atomic E-state index is 12.0. The molecular formula is C21H19N3OS. The fourth-order valence-corrected chi connectivity index (χ4v) is 2.67. The molecule has 3 N–H and O–H groups in total. The Morgan fingerprint density at radius 2 is 1.27 bits per heavy atom. The van der Waals surface area contributed by atoms with Crippen molar-refractivity contribution in [2.75, 3.05) is 10.6 Å². The molecule has 3 rings (SSSR count). The molecule has 0 aliphatic rings. The Morgan fingerprint density at radius 1 is 0.731 bits per heavy atom. The van der Waals surface area contributed by atoms with Gasteiger partial charge in [0.05, 0.1) is 6.42 Å². The number of anilines is 3. The number of rotatable bonds is 5. The summed E-state index contributed by atoms with van der Waals surface area (Å²) in [5, 5.41) is 9.32. The fraction of sp³-hybridized carbons (Fsp3) is 0.0476. The molecule has 0 unspecified atom stereocenters. The highest BCUT2D eigenvalue weighted by molar-refractivity contribution is 7.80. The second kappa shape index (κ2) is 8.78. The van der Waals surface area contributed by atoms with Crippen LogP contribution in [0.3, 0.4) is 0 Å². The van der Waals surface area contributed by atoms with Crippen LogP contribution in [-0.4, -0.2) is 11.0 Å². The average Bonchev–Trinajstić information content (AvgIpc) is 2.65. The zero-order chi connectivity index (χ0) is 18.2. The van der Waals surface area contributed by atoms with Crippen molar-refractivity contribution in [3.05, 3.63) is 90.5 Å². The molecule has 3 aromatic carbocycles. The van der Waals surface area contributed by atoms with Crippen molar-refractivity contribution >= 4 is 40.3 Å². The highest BCUT2D eigenvalue weighted by atomic mass is 32.1. The molecule has 0 atom stereocenters. The summed E-state index contributed by atoms with van der Waals surface area (Å²) in [5.74, 6) is -0.143. The van der Waals surface area contributed by atoms with Gasteiger partial charge < -0.3 is 16.0 Å². The van der Waals surface area contributed by atoms with Crippen LogP contribution in [0, 0.1) is 0 Å². The quantitative estimate of drug-likeness (QED) is 0.586. The van der Waals surface area contributed by atoms with Crippen molar-refractivity contribution in [1.82, 2.24) is 5.32 Å². The lowest BCUT2D eigenvalue weighted by Crippen LogP contribution is -2.35. The second-order valence-electron chi connectivity index (χ2n) is 5.73. The monoisotopic (exact) mass is 361 g/mol. The van der Waals surface area contributed by atoms with Crippen molar-refractivity contribution < 1.29 is 4.79 Å². The number of carbonyl (C=O) groups is 1. The van der Waals surface area contributed by atoms with E-state index in [1.807, 2.05) is 84.9 Å². The van der Waals surface area contributed by atoms with Gasteiger partial charge in [-0.1, -0.05) is 48.5 Å². The summed E-state index contributed by atoms with van der Waals surface area (Å²) in [7, 11) is 0. The van der Waals surface area contributed by atoms with Gasteiger partial charge >= 0.3 is 0 Å². The lowest BCUT2D eigenvalue weighted by atomic mass is 10.1. The fourth-order valence-electron chi connectivity index (χ4n) is 2.44. The molecule has 130 valence electrons. The zero-order valence-electron chi connectivity index (χ0n) is 14.1. The Balaban J connectivity index is 1.50. The Bertz CT molecular complexity index is 865. The number of hydrogen-bond donors (Lipinski definition) is 3. The van der Waals surface area contributed by atoms with Gasteiger partial charge in [-0.2, -0.15) is 0 Å². The Labute approximate surface area is 158 Å². The van der Waals surface area contributed by atoms with Crippen molar-refractivity contribution in [2.45, 2.75) is 6.42 Å². The van der Waals surface area contributed by atoms with Crippen LogP contribution in [0.2, 0.25) is 0 Å². The highest BCUT2D eigenvalue weighted by Crippen LogP contribution is 2.18. The predicted octanol–water partition coefficient (Wildman–Crippen LogP) is 4.49. The van der Waals surface area contributed by atoms with Gasteiger partial charge in [-0.05, 0) is 54.2 Å². The Hall–Kier alpha value is -3.18. The number of thiocarbonyl (C=S) groups is 1. The molecule has 0 radical (unpaired) electrons. The van der Waals surface area contributed by atoms with E-state index in [1.165, 1.54) is 0 Å². The Morgan fingerprint density at radius 3 is 1.92 bits per heavy atom. The van der Waals surface area contributed by atoms with Gasteiger partial charge in [0.2, 0.25) is 5.91 Å². The largest absolute Gasteiger partial charge is 0.356 e. The first-order valence-corrected chi connectivity index (χ1v) is 8.67. The van der Waals surface area contributed by atoms with Crippen LogP contribution in [0.25, 0.3) is 0 Å². The van der Waals surface area contributed by atoms with E-state index >= 15 is 0 Å². The van der Waals surface area contributed by atoms with Crippen LogP contribution in [0.1, 0.15) is 5.56 Å². The molecule has 0 fully saturated rings. The first-order valence-electron chi connectivity index (χ1n) is 8.26. The summed E-state index contributed by atoms with van der Waals surface area (Å²) in [4.78, 5) is 12.0. The molecule has 1 amide bonds. The third kappa shape index (κ3) is 5.43. The summed E-state index contributed by atoms with van der Waals surface area (Å²) in [5.41, 5.74) is 3.76. The average molecular weight is 361 g/mol. The summed E-state index contributed by atoms with van der Waals surface area (Å²) in [6.45, 7) is 0. The molecule has 26 heavy (non-hydrogen) atoms. The molecule has 0 saturated carbocycles. The summed E-state index contributed by atoms with van der Waals surface area (Å²) in [6, 6.07) is 27.2. The maximum Gasteiger partial charge on any atom is 0.230 e. The normalized spacial score (nSPS) is 10.0. The molecule has 0 heterocycles. The smallest absolute Gasteiger partial charge is 0.230 e. The van der Waals surface area contributed by atoms with Crippen LogP contribution in [0.5, 0.6) is 0 Å². The van der Waals surface area contributed by atoms with E-state index in [9.17, 15) is 4.79 Å². The van der Waals surface area contributed by atoms with Crippen molar-refractivity contribution in [3.63, 3.8) is 0 Å². The van der Waals surface area contributed by atoms with Crippen LogP contribution in [0.15, 0.2) is 84.9 Å². The number of nitrogens with one attached hydrogen (secondary N) is 3. The number of carbonyl (C=O) groups excluding carboxylic acids is 1. The maximum absolute atomic E-state index is 12.0. The molecule has 0 aromatic heterocycles. The minimum Gasteiger partial charge on any atom is -0.356 e. The minimum absolute atomic E-state index is 0.143. The SMILES string of the molecule is O=C(Cc1ccccc1)NC(=S)Nc1ccc(Nc2ccccc2)cc1. The predicted molar refractivity (Wildman–Crippen MR) is 111 cm³/mol. The number of amides is 1. The van der Waals surface area contributed by atoms with Crippen LogP contribution in [-0.2, 0) is 11.2 Å². The minimum atomic E-state index is -0.143. The van der Waals surface area contributed by atoms with E-state index < -0.39 is 0 Å². The first kappa shape index (κ1) is 17.6. The van der Waals surface area contributed by atoms with E-state index in [1.54, 1.807) is 0 Å². The lowest BCUT2D eigenvalue weighted by molar-refractivity contribution is -0.119. The van der Waals surface area contributed by atoms with E-state index in [0.29, 0.717) is 6.42 Å². The topological polar surface area (TPSA) is 53.2 Å².